The van der Waals surface area contributed by atoms with Crippen molar-refractivity contribution < 1.29 is 14.3 Å². The highest BCUT2D eigenvalue weighted by Gasteiger charge is 2.08. The molecule has 0 spiro atoms. The lowest BCUT2D eigenvalue weighted by Crippen LogP contribution is -2.09. The minimum absolute atomic E-state index is 0.144. The van der Waals surface area contributed by atoms with E-state index < -0.39 is 0 Å². The van der Waals surface area contributed by atoms with Gasteiger partial charge in [-0.2, -0.15) is 0 Å². The van der Waals surface area contributed by atoms with Gasteiger partial charge < -0.3 is 14.8 Å². The number of nitrogens with zero attached hydrogens (tertiary/aromatic N) is 1. The van der Waals surface area contributed by atoms with Gasteiger partial charge in [-0.1, -0.05) is 57.5 Å². The molecule has 0 heterocycles. The van der Waals surface area contributed by atoms with E-state index in [0.29, 0.717) is 12.2 Å². The first-order valence-corrected chi connectivity index (χ1v) is 10.7. The summed E-state index contributed by atoms with van der Waals surface area (Å²) in [5, 5.41) is 2.75. The van der Waals surface area contributed by atoms with Gasteiger partial charge in [0.05, 0.1) is 14.2 Å². The molecule has 0 aromatic heterocycles. The Balaban J connectivity index is 0.000000531. The number of carbonyl (C=O) groups is 1. The van der Waals surface area contributed by atoms with E-state index in [-0.39, 0.29) is 5.92 Å². The minimum atomic E-state index is 0.144. The molecule has 1 N–H and O–H groups in total. The van der Waals surface area contributed by atoms with Crippen LogP contribution in [0.1, 0.15) is 44.7 Å². The lowest BCUT2D eigenvalue weighted by Gasteiger charge is -2.10. The zero-order chi connectivity index (χ0) is 23.6. The van der Waals surface area contributed by atoms with Gasteiger partial charge in [0.2, 0.25) is 0 Å². The van der Waals surface area contributed by atoms with E-state index >= 15 is 0 Å². The summed E-state index contributed by atoms with van der Waals surface area (Å²) < 4.78 is 10.5. The Morgan fingerprint density at radius 1 is 1.00 bits per heavy atom. The van der Waals surface area contributed by atoms with Crippen LogP contribution < -0.4 is 14.8 Å². The second-order valence-electron chi connectivity index (χ2n) is 7.27. The van der Waals surface area contributed by atoms with Crippen molar-refractivity contribution in [1.29, 1.82) is 0 Å². The molecule has 31 heavy (non-hydrogen) atoms. The standard InChI is InChI=1S/C13H19NO2.C11H14O.C2H7N/c1-5-6-11(14-2)10-7-8-12(15-3)13(9-10)16-4;1-9(2)11(12)8-10-6-4-3-5-7-10;1-3-2/h7-9H,5-6H2,1-4H3;3-7,9H,8H2,1-2H3;3H,1-2H3. The summed E-state index contributed by atoms with van der Waals surface area (Å²) in [6, 6.07) is 15.8. The molecule has 2 aromatic rings. The number of hydrogen-bond acceptors (Lipinski definition) is 5. The number of hydrogen-bond donors (Lipinski definition) is 1. The largest absolute Gasteiger partial charge is 0.493 e. The molecule has 2 rings (SSSR count). The third-order valence-electron chi connectivity index (χ3n) is 4.34. The van der Waals surface area contributed by atoms with Crippen LogP contribution in [0.2, 0.25) is 0 Å². The van der Waals surface area contributed by atoms with Crippen LogP contribution >= 0.6 is 0 Å². The Bertz CT molecular complexity index is 771. The monoisotopic (exact) mass is 428 g/mol. The number of Topliss-reactive ketones (excluding diaryl/α,β-unsaturated/α-hetero) is 1. The highest BCUT2D eigenvalue weighted by molar-refractivity contribution is 6.01. The Morgan fingerprint density at radius 2 is 1.58 bits per heavy atom. The van der Waals surface area contributed by atoms with Gasteiger partial charge in [-0.3, -0.25) is 9.79 Å². The summed E-state index contributed by atoms with van der Waals surface area (Å²) in [5.41, 5.74) is 3.31. The number of ketones is 1. The van der Waals surface area contributed by atoms with Crippen molar-refractivity contribution in [1.82, 2.24) is 5.32 Å². The number of carbonyl (C=O) groups excluding carboxylic acids is 1. The molecule has 0 bridgehead atoms. The zero-order valence-electron chi connectivity index (χ0n) is 20.5. The van der Waals surface area contributed by atoms with Gasteiger partial charge in [0.15, 0.2) is 11.5 Å². The quantitative estimate of drug-likeness (QED) is 0.586. The van der Waals surface area contributed by atoms with E-state index in [2.05, 4.69) is 17.2 Å². The molecule has 0 saturated carbocycles. The highest BCUT2D eigenvalue weighted by atomic mass is 16.5. The van der Waals surface area contributed by atoms with Gasteiger partial charge in [-0.05, 0) is 49.8 Å². The van der Waals surface area contributed by atoms with Crippen LogP contribution in [0, 0.1) is 5.92 Å². The molecule has 2 aromatic carbocycles. The van der Waals surface area contributed by atoms with E-state index in [9.17, 15) is 4.79 Å². The summed E-state index contributed by atoms with van der Waals surface area (Å²) in [6.07, 6.45) is 2.63. The lowest BCUT2D eigenvalue weighted by atomic mass is 10.0. The minimum Gasteiger partial charge on any atom is -0.493 e. The van der Waals surface area contributed by atoms with E-state index in [1.165, 1.54) is 0 Å². The van der Waals surface area contributed by atoms with Crippen LogP contribution in [0.15, 0.2) is 53.5 Å². The first-order valence-electron chi connectivity index (χ1n) is 10.7. The van der Waals surface area contributed by atoms with Gasteiger partial charge in [-0.25, -0.2) is 0 Å². The van der Waals surface area contributed by atoms with E-state index in [0.717, 1.165) is 41.2 Å². The number of ether oxygens (including phenoxy) is 2. The van der Waals surface area contributed by atoms with Crippen LogP contribution in [-0.4, -0.2) is 46.9 Å². The van der Waals surface area contributed by atoms with Crippen molar-refractivity contribution in [2.45, 2.75) is 40.0 Å². The maximum absolute atomic E-state index is 11.3. The summed E-state index contributed by atoms with van der Waals surface area (Å²) >= 11 is 0. The average Bonchev–Trinajstić information content (AvgIpc) is 2.78. The smallest absolute Gasteiger partial charge is 0.161 e. The van der Waals surface area contributed by atoms with Crippen LogP contribution in [-0.2, 0) is 11.2 Å². The number of aliphatic imine (C=N–C) groups is 1. The molecule has 0 radical (unpaired) electrons. The first-order chi connectivity index (χ1) is 14.9. The molecule has 0 atom stereocenters. The number of nitrogens with one attached hydrogen (secondary N) is 1. The third kappa shape index (κ3) is 11.3. The molecule has 0 aliphatic heterocycles. The van der Waals surface area contributed by atoms with Crippen LogP contribution in [0.3, 0.4) is 0 Å². The van der Waals surface area contributed by atoms with Crippen molar-refractivity contribution in [2.24, 2.45) is 10.9 Å². The second-order valence-corrected chi connectivity index (χ2v) is 7.27. The SMILES string of the molecule is CC(C)C(=O)Cc1ccccc1.CCCC(=NC)c1ccc(OC)c(OC)c1.CNC. The van der Waals surface area contributed by atoms with Crippen molar-refractivity contribution in [3.63, 3.8) is 0 Å². The van der Waals surface area contributed by atoms with E-state index in [4.69, 9.17) is 9.47 Å². The number of benzene rings is 2. The Kier molecular flexibility index (Phi) is 15.6. The molecule has 0 saturated heterocycles. The third-order valence-corrected chi connectivity index (χ3v) is 4.34. The fraction of sp³-hybridized carbons (Fsp3) is 0.462. The van der Waals surface area contributed by atoms with Crippen molar-refractivity contribution >= 4 is 11.5 Å². The fourth-order valence-electron chi connectivity index (χ4n) is 2.64. The van der Waals surface area contributed by atoms with Gasteiger partial charge in [-0.15, -0.1) is 0 Å². The summed E-state index contributed by atoms with van der Waals surface area (Å²) in [6.45, 7) is 6.02. The maximum Gasteiger partial charge on any atom is 0.161 e. The summed E-state index contributed by atoms with van der Waals surface area (Å²) in [4.78, 5) is 15.6. The predicted molar refractivity (Wildman–Crippen MR) is 132 cm³/mol. The van der Waals surface area contributed by atoms with Gasteiger partial charge >= 0.3 is 0 Å². The van der Waals surface area contributed by atoms with Crippen LogP contribution in [0.5, 0.6) is 11.5 Å². The molecule has 0 fully saturated rings. The fourth-order valence-corrected chi connectivity index (χ4v) is 2.64. The molecular weight excluding hydrogens is 388 g/mol. The predicted octanol–water partition coefficient (Wildman–Crippen LogP) is 5.21. The molecule has 5 heteroatoms. The molecule has 0 unspecified atom stereocenters. The summed E-state index contributed by atoms with van der Waals surface area (Å²) in [7, 11) is 8.85. The van der Waals surface area contributed by atoms with Gasteiger partial charge in [0, 0.05) is 25.1 Å². The second kappa shape index (κ2) is 17.1. The molecule has 5 nitrogen and oxygen atoms in total. The van der Waals surface area contributed by atoms with Crippen molar-refractivity contribution in [3.05, 3.63) is 59.7 Å². The Labute approximate surface area is 188 Å². The maximum atomic E-state index is 11.3. The van der Waals surface area contributed by atoms with E-state index in [1.54, 1.807) is 14.2 Å². The molecule has 172 valence electrons. The molecule has 0 aliphatic rings. The lowest BCUT2D eigenvalue weighted by molar-refractivity contribution is -0.121. The van der Waals surface area contributed by atoms with Crippen molar-refractivity contribution in [3.8, 4) is 11.5 Å². The number of rotatable bonds is 8. The van der Waals surface area contributed by atoms with Crippen LogP contribution in [0.4, 0.5) is 0 Å². The Morgan fingerprint density at radius 3 is 2.03 bits per heavy atom. The van der Waals surface area contributed by atoms with Gasteiger partial charge in [0.25, 0.3) is 0 Å². The molecule has 0 amide bonds. The Hall–Kier alpha value is -2.66. The summed E-state index contributed by atoms with van der Waals surface area (Å²) in [5.74, 6) is 1.95. The normalized spacial score (nSPS) is 10.4. The topological polar surface area (TPSA) is 59.9 Å². The van der Waals surface area contributed by atoms with Crippen molar-refractivity contribution in [2.75, 3.05) is 35.4 Å². The molecule has 0 aliphatic carbocycles. The number of methoxy groups -OCH3 is 2. The van der Waals surface area contributed by atoms with Crippen LogP contribution in [0.25, 0.3) is 0 Å². The zero-order valence-corrected chi connectivity index (χ0v) is 20.5. The van der Waals surface area contributed by atoms with Gasteiger partial charge in [0.1, 0.15) is 5.78 Å². The average molecular weight is 429 g/mol. The van der Waals surface area contributed by atoms with E-state index in [1.807, 2.05) is 83.5 Å². The first kappa shape index (κ1) is 28.3. The highest BCUT2D eigenvalue weighted by Crippen LogP contribution is 2.28. The molecular formula is C26H40N2O3.